The molecule has 10 heavy (non-hydrogen) atoms. The molecule has 0 amide bonds. The third kappa shape index (κ3) is 1.07. The van der Waals surface area contributed by atoms with Crippen molar-refractivity contribution in [3.63, 3.8) is 0 Å². The first-order valence-electron chi connectivity index (χ1n) is 2.69. The summed E-state index contributed by atoms with van der Waals surface area (Å²) in [6.07, 6.45) is 3.80. The number of ketones is 2. The van der Waals surface area contributed by atoms with Gasteiger partial charge in [-0.05, 0) is 18.9 Å². The summed E-state index contributed by atoms with van der Waals surface area (Å²) in [7, 11) is 0. The third-order valence-electron chi connectivity index (χ3n) is 1.11. The van der Waals surface area contributed by atoms with Crippen LogP contribution in [0.15, 0.2) is 28.9 Å². The van der Waals surface area contributed by atoms with Gasteiger partial charge >= 0.3 is 0 Å². The highest BCUT2D eigenvalue weighted by Gasteiger charge is 2.11. The zero-order chi connectivity index (χ0) is 7.56. The van der Waals surface area contributed by atoms with E-state index in [1.807, 2.05) is 0 Å². The van der Waals surface area contributed by atoms with E-state index in [2.05, 4.69) is 11.7 Å². The maximum atomic E-state index is 10.6. The average Bonchev–Trinajstić information content (AvgIpc) is 1.95. The van der Waals surface area contributed by atoms with Crippen LogP contribution in [0.1, 0.15) is 0 Å². The first kappa shape index (κ1) is 6.61. The topological polar surface area (TPSA) is 46.5 Å². The molecule has 0 saturated heterocycles. The summed E-state index contributed by atoms with van der Waals surface area (Å²) in [6, 6.07) is 0. The second kappa shape index (κ2) is 2.39. The van der Waals surface area contributed by atoms with Gasteiger partial charge in [-0.25, -0.2) is 0 Å². The van der Waals surface area contributed by atoms with Gasteiger partial charge in [-0.1, -0.05) is 0 Å². The van der Waals surface area contributed by atoms with Gasteiger partial charge < -0.3 is 0 Å². The van der Waals surface area contributed by atoms with Gasteiger partial charge in [0.15, 0.2) is 0 Å². The molecule has 50 valence electrons. The number of hydrogen-bond acceptors (Lipinski definition) is 3. The van der Waals surface area contributed by atoms with Crippen molar-refractivity contribution in [2.75, 3.05) is 0 Å². The Hall–Kier alpha value is -1.51. The molecule has 3 nitrogen and oxygen atoms in total. The van der Waals surface area contributed by atoms with Gasteiger partial charge in [-0.2, -0.15) is 0 Å². The highest BCUT2D eigenvalue weighted by Crippen LogP contribution is 2.04. The lowest BCUT2D eigenvalue weighted by atomic mass is 10.1. The Labute approximate surface area is 57.8 Å². The van der Waals surface area contributed by atoms with Crippen molar-refractivity contribution < 1.29 is 9.59 Å². The molecule has 0 atom stereocenters. The Morgan fingerprint density at radius 1 is 1.20 bits per heavy atom. The minimum absolute atomic E-state index is 0.435. The first-order valence-corrected chi connectivity index (χ1v) is 2.69. The van der Waals surface area contributed by atoms with Gasteiger partial charge in [0.2, 0.25) is 11.6 Å². The monoisotopic (exact) mass is 135 g/mol. The second-order valence-corrected chi connectivity index (χ2v) is 1.79. The highest BCUT2D eigenvalue weighted by molar-refractivity contribution is 6.46. The molecular formula is C7H5NO2. The van der Waals surface area contributed by atoms with Crippen LogP contribution in [0.3, 0.4) is 0 Å². The second-order valence-electron chi connectivity index (χ2n) is 1.79. The lowest BCUT2D eigenvalue weighted by molar-refractivity contribution is -0.131. The average molecular weight is 135 g/mol. The summed E-state index contributed by atoms with van der Waals surface area (Å²) in [6.45, 7) is 3.21. The lowest BCUT2D eigenvalue weighted by Crippen LogP contribution is -2.10. The smallest absolute Gasteiger partial charge is 0.227 e. The van der Waals surface area contributed by atoms with Crippen molar-refractivity contribution in [3.05, 3.63) is 23.9 Å². The Morgan fingerprint density at radius 3 is 2.40 bits per heavy atom. The van der Waals surface area contributed by atoms with E-state index in [1.165, 1.54) is 12.2 Å². The van der Waals surface area contributed by atoms with E-state index >= 15 is 0 Å². The molecule has 0 spiro atoms. The van der Waals surface area contributed by atoms with Crippen LogP contribution in [0.5, 0.6) is 0 Å². The molecular weight excluding hydrogens is 130 g/mol. The van der Waals surface area contributed by atoms with Crippen LogP contribution in [0, 0.1) is 0 Å². The van der Waals surface area contributed by atoms with Crippen molar-refractivity contribution in [3.8, 4) is 0 Å². The molecule has 0 aromatic heterocycles. The van der Waals surface area contributed by atoms with E-state index in [4.69, 9.17) is 0 Å². The van der Waals surface area contributed by atoms with E-state index in [0.29, 0.717) is 5.70 Å². The van der Waals surface area contributed by atoms with E-state index in [1.54, 1.807) is 0 Å². The zero-order valence-corrected chi connectivity index (χ0v) is 5.20. The summed E-state index contributed by atoms with van der Waals surface area (Å²) >= 11 is 0. The summed E-state index contributed by atoms with van der Waals surface area (Å²) < 4.78 is 0. The molecule has 0 aliphatic heterocycles. The number of aliphatic imine (C=N–C) groups is 1. The van der Waals surface area contributed by atoms with Gasteiger partial charge in [0, 0.05) is 6.08 Å². The van der Waals surface area contributed by atoms with E-state index in [0.717, 1.165) is 6.08 Å². The number of rotatable bonds is 1. The number of nitrogens with zero attached hydrogens (tertiary/aromatic N) is 1. The number of carbonyl (C=O) groups is 2. The fourth-order valence-corrected chi connectivity index (χ4v) is 0.595. The lowest BCUT2D eigenvalue weighted by Gasteiger charge is -1.96. The molecule has 0 saturated carbocycles. The maximum absolute atomic E-state index is 10.6. The normalized spacial score (nSPS) is 17.0. The summed E-state index contributed by atoms with van der Waals surface area (Å²) in [4.78, 5) is 24.6. The van der Waals surface area contributed by atoms with Gasteiger partial charge in [0.1, 0.15) is 0 Å². The van der Waals surface area contributed by atoms with Crippen LogP contribution >= 0.6 is 0 Å². The van der Waals surface area contributed by atoms with Gasteiger partial charge in [0.05, 0.1) is 5.70 Å². The maximum Gasteiger partial charge on any atom is 0.227 e. The van der Waals surface area contributed by atoms with Gasteiger partial charge in [-0.3, -0.25) is 14.6 Å². The summed E-state index contributed by atoms with van der Waals surface area (Å²) in [5.41, 5.74) is 0.435. The number of hydrogen-bond donors (Lipinski definition) is 0. The Morgan fingerprint density at radius 2 is 1.90 bits per heavy atom. The highest BCUT2D eigenvalue weighted by atomic mass is 16.2. The largest absolute Gasteiger partial charge is 0.286 e. The van der Waals surface area contributed by atoms with E-state index < -0.39 is 11.6 Å². The third-order valence-corrected chi connectivity index (χ3v) is 1.11. The standard InChI is InChI=1S/C7H5NO2/c1-8-5-2-3-6(9)7(10)4-5/h2-4H,1H2. The van der Waals surface area contributed by atoms with Crippen LogP contribution in [-0.4, -0.2) is 18.3 Å². The zero-order valence-electron chi connectivity index (χ0n) is 5.20. The minimum atomic E-state index is -0.537. The molecule has 0 radical (unpaired) electrons. The van der Waals surface area contributed by atoms with Crippen LogP contribution < -0.4 is 0 Å². The number of allylic oxidation sites excluding steroid dienone is 3. The predicted molar refractivity (Wildman–Crippen MR) is 36.8 cm³/mol. The fraction of sp³-hybridized carbons (Fsp3) is 0. The van der Waals surface area contributed by atoms with Gasteiger partial charge in [-0.15, -0.1) is 0 Å². The molecule has 1 aliphatic carbocycles. The first-order chi connectivity index (χ1) is 4.74. The van der Waals surface area contributed by atoms with Crippen LogP contribution in [0.25, 0.3) is 0 Å². The molecule has 0 N–H and O–H groups in total. The Bertz CT molecular complexity index is 261. The fourth-order valence-electron chi connectivity index (χ4n) is 0.595. The Kier molecular flexibility index (Phi) is 1.58. The molecule has 0 bridgehead atoms. The molecule has 0 fully saturated rings. The summed E-state index contributed by atoms with van der Waals surface area (Å²) in [5, 5.41) is 0. The molecule has 3 heteroatoms. The number of carbonyl (C=O) groups excluding carboxylic acids is 2. The predicted octanol–water partition coefficient (Wildman–Crippen LogP) is 0.279. The van der Waals surface area contributed by atoms with Crippen molar-refractivity contribution in [1.29, 1.82) is 0 Å². The van der Waals surface area contributed by atoms with Crippen LogP contribution in [0.2, 0.25) is 0 Å². The molecule has 1 aliphatic rings. The minimum Gasteiger partial charge on any atom is -0.286 e. The van der Waals surface area contributed by atoms with Crippen LogP contribution in [-0.2, 0) is 9.59 Å². The van der Waals surface area contributed by atoms with Crippen molar-refractivity contribution in [1.82, 2.24) is 0 Å². The molecule has 1 rings (SSSR count). The molecule has 0 aromatic rings. The van der Waals surface area contributed by atoms with Crippen molar-refractivity contribution >= 4 is 18.3 Å². The Balaban J connectivity index is 2.96. The van der Waals surface area contributed by atoms with Crippen molar-refractivity contribution in [2.24, 2.45) is 4.99 Å². The molecule has 0 unspecified atom stereocenters. The summed E-state index contributed by atoms with van der Waals surface area (Å²) in [5.74, 6) is -1.04. The quantitative estimate of drug-likeness (QED) is 0.294. The van der Waals surface area contributed by atoms with Crippen LogP contribution in [0.4, 0.5) is 0 Å². The molecule has 0 aromatic carbocycles. The van der Waals surface area contributed by atoms with E-state index in [9.17, 15) is 9.59 Å². The van der Waals surface area contributed by atoms with Gasteiger partial charge in [0.25, 0.3) is 0 Å². The van der Waals surface area contributed by atoms with Crippen molar-refractivity contribution in [2.45, 2.75) is 0 Å². The van der Waals surface area contributed by atoms with E-state index in [-0.39, 0.29) is 0 Å². The molecule has 0 heterocycles. The SMILES string of the molecule is C=NC1=CC(=O)C(=O)C=C1.